The topological polar surface area (TPSA) is 75.6 Å². The number of benzene rings is 1. The monoisotopic (exact) mass is 267 g/mol. The van der Waals surface area contributed by atoms with Crippen LogP contribution >= 0.6 is 0 Å². The third kappa shape index (κ3) is 7.08. The second-order valence-electron chi connectivity index (χ2n) is 4.51. The number of carbonyl (C=O) groups excluding carboxylic acids is 1. The van der Waals surface area contributed by atoms with E-state index in [2.05, 4.69) is 5.32 Å². The zero-order valence-corrected chi connectivity index (χ0v) is 12.0. The van der Waals surface area contributed by atoms with Crippen LogP contribution in [-0.4, -0.2) is 22.8 Å². The molecule has 1 aromatic carbocycles. The van der Waals surface area contributed by atoms with Crippen LogP contribution in [0.25, 0.3) is 0 Å². The van der Waals surface area contributed by atoms with Crippen molar-refractivity contribution in [2.45, 2.75) is 40.2 Å². The van der Waals surface area contributed by atoms with E-state index in [1.165, 1.54) is 12.1 Å². The maximum absolute atomic E-state index is 11.4. The zero-order valence-electron chi connectivity index (χ0n) is 12.0. The molecule has 0 unspecified atom stereocenters. The number of anilines is 1. The zero-order chi connectivity index (χ0) is 15.1. The number of nitrogens with one attached hydrogen (secondary N) is 1. The van der Waals surface area contributed by atoms with E-state index in [4.69, 9.17) is 9.84 Å². The van der Waals surface area contributed by atoms with E-state index in [9.17, 15) is 9.59 Å². The number of hydrogen-bond donors (Lipinski definition) is 2. The minimum Gasteiger partial charge on any atom is -0.478 e. The lowest BCUT2D eigenvalue weighted by Crippen LogP contribution is -2.27. The van der Waals surface area contributed by atoms with Gasteiger partial charge < -0.3 is 9.84 Å². The maximum atomic E-state index is 11.4. The Hall–Kier alpha value is -2.04. The van der Waals surface area contributed by atoms with Gasteiger partial charge in [0.05, 0.1) is 5.56 Å². The Bertz CT molecular complexity index is 435. The summed E-state index contributed by atoms with van der Waals surface area (Å²) < 4.78 is 5.04. The smallest absolute Gasteiger partial charge is 0.412 e. The molecule has 1 aromatic rings. The van der Waals surface area contributed by atoms with E-state index in [0.29, 0.717) is 5.69 Å². The molecular weight excluding hydrogens is 246 g/mol. The molecule has 1 rings (SSSR count). The molecule has 0 heterocycles. The quantitative estimate of drug-likeness (QED) is 0.855. The molecule has 0 saturated carbocycles. The van der Waals surface area contributed by atoms with Crippen LogP contribution in [0.2, 0.25) is 0 Å². The molecular formula is C14H21NO4. The Morgan fingerprint density at radius 3 is 2.26 bits per heavy atom. The van der Waals surface area contributed by atoms with Crippen molar-refractivity contribution in [3.8, 4) is 0 Å². The van der Waals surface area contributed by atoms with Crippen LogP contribution in [0.3, 0.4) is 0 Å². The normalized spacial score (nSPS) is 9.95. The third-order valence-corrected chi connectivity index (χ3v) is 1.75. The summed E-state index contributed by atoms with van der Waals surface area (Å²) in [6, 6.07) is 5.96. The summed E-state index contributed by atoms with van der Waals surface area (Å²) in [6.07, 6.45) is -0.611. The van der Waals surface area contributed by atoms with Crippen molar-refractivity contribution in [1.29, 1.82) is 0 Å². The fraction of sp³-hybridized carbons (Fsp3) is 0.429. The van der Waals surface area contributed by atoms with Gasteiger partial charge in [0.1, 0.15) is 5.60 Å². The van der Waals surface area contributed by atoms with Crippen molar-refractivity contribution in [2.75, 3.05) is 5.32 Å². The predicted octanol–water partition coefficient (Wildman–Crippen LogP) is 3.76. The molecule has 0 spiro atoms. The van der Waals surface area contributed by atoms with Crippen molar-refractivity contribution < 1.29 is 19.4 Å². The molecule has 0 fully saturated rings. The first kappa shape index (κ1) is 17.0. The molecule has 5 heteroatoms. The van der Waals surface area contributed by atoms with Gasteiger partial charge in [0, 0.05) is 5.69 Å². The van der Waals surface area contributed by atoms with Gasteiger partial charge in [-0.3, -0.25) is 5.32 Å². The summed E-state index contributed by atoms with van der Waals surface area (Å²) in [4.78, 5) is 22.2. The van der Waals surface area contributed by atoms with Crippen molar-refractivity contribution in [2.24, 2.45) is 0 Å². The molecule has 0 atom stereocenters. The molecule has 5 nitrogen and oxygen atoms in total. The van der Waals surface area contributed by atoms with Gasteiger partial charge in [-0.25, -0.2) is 9.59 Å². The first-order chi connectivity index (χ1) is 8.78. The number of aromatic carboxylic acids is 1. The highest BCUT2D eigenvalue weighted by Gasteiger charge is 2.16. The van der Waals surface area contributed by atoms with Crippen LogP contribution in [0.5, 0.6) is 0 Å². The largest absolute Gasteiger partial charge is 0.478 e. The summed E-state index contributed by atoms with van der Waals surface area (Å²) in [5, 5.41) is 11.3. The standard InChI is InChI=1S/C12H15NO4.C2H6/c1-12(2,3)17-11(16)13-9-6-4-5-8(7-9)10(14)15;1-2/h4-7H,1-3H3,(H,13,16)(H,14,15);1-2H3. The highest BCUT2D eigenvalue weighted by molar-refractivity contribution is 5.91. The van der Waals surface area contributed by atoms with Crippen LogP contribution in [0.15, 0.2) is 24.3 Å². The van der Waals surface area contributed by atoms with E-state index in [1.54, 1.807) is 32.9 Å². The van der Waals surface area contributed by atoms with Crippen molar-refractivity contribution in [3.05, 3.63) is 29.8 Å². The summed E-state index contributed by atoms with van der Waals surface area (Å²) in [6.45, 7) is 9.25. The number of amides is 1. The van der Waals surface area contributed by atoms with Gasteiger partial charge >= 0.3 is 12.1 Å². The molecule has 0 aliphatic carbocycles. The SMILES string of the molecule is CC.CC(C)(C)OC(=O)Nc1cccc(C(=O)O)c1. The van der Waals surface area contributed by atoms with Gasteiger partial charge in [-0.1, -0.05) is 19.9 Å². The molecule has 0 aromatic heterocycles. The van der Waals surface area contributed by atoms with Gasteiger partial charge in [-0.05, 0) is 39.0 Å². The number of rotatable bonds is 2. The van der Waals surface area contributed by atoms with Crippen molar-refractivity contribution in [3.63, 3.8) is 0 Å². The number of carbonyl (C=O) groups is 2. The fourth-order valence-electron chi connectivity index (χ4n) is 1.15. The molecule has 0 aliphatic heterocycles. The molecule has 2 N–H and O–H groups in total. The number of carboxylic acids is 1. The summed E-state index contributed by atoms with van der Waals surface area (Å²) >= 11 is 0. The second-order valence-corrected chi connectivity index (χ2v) is 4.51. The number of ether oxygens (including phenoxy) is 1. The first-order valence-corrected chi connectivity index (χ1v) is 6.11. The van der Waals surface area contributed by atoms with E-state index in [0.717, 1.165) is 0 Å². The van der Waals surface area contributed by atoms with Crippen molar-refractivity contribution >= 4 is 17.7 Å². The first-order valence-electron chi connectivity index (χ1n) is 6.11. The fourth-order valence-corrected chi connectivity index (χ4v) is 1.15. The highest BCUT2D eigenvalue weighted by Crippen LogP contribution is 2.13. The lowest BCUT2D eigenvalue weighted by Gasteiger charge is -2.19. The van der Waals surface area contributed by atoms with Crippen LogP contribution in [0, 0.1) is 0 Å². The van der Waals surface area contributed by atoms with Gasteiger partial charge in [0.15, 0.2) is 0 Å². The predicted molar refractivity (Wildman–Crippen MR) is 74.6 cm³/mol. The minimum absolute atomic E-state index is 0.110. The second kappa shape index (κ2) is 7.41. The lowest BCUT2D eigenvalue weighted by molar-refractivity contribution is 0.0632. The van der Waals surface area contributed by atoms with Crippen LogP contribution in [0.4, 0.5) is 10.5 Å². The lowest BCUT2D eigenvalue weighted by atomic mass is 10.2. The average Bonchev–Trinajstić information content (AvgIpc) is 2.29. The van der Waals surface area contributed by atoms with E-state index in [1.807, 2.05) is 13.8 Å². The highest BCUT2D eigenvalue weighted by atomic mass is 16.6. The Morgan fingerprint density at radius 2 is 1.79 bits per heavy atom. The Morgan fingerprint density at radius 1 is 1.21 bits per heavy atom. The Labute approximate surface area is 113 Å². The van der Waals surface area contributed by atoms with E-state index >= 15 is 0 Å². The number of hydrogen-bond acceptors (Lipinski definition) is 3. The molecule has 1 amide bonds. The minimum atomic E-state index is -1.04. The summed E-state index contributed by atoms with van der Waals surface area (Å²) in [7, 11) is 0. The molecule has 0 radical (unpaired) electrons. The maximum Gasteiger partial charge on any atom is 0.412 e. The van der Waals surface area contributed by atoms with Gasteiger partial charge in [-0.15, -0.1) is 0 Å². The Kier molecular flexibility index (Phi) is 6.61. The summed E-state index contributed by atoms with van der Waals surface area (Å²) in [5.74, 6) is -1.04. The molecule has 19 heavy (non-hydrogen) atoms. The van der Waals surface area contributed by atoms with Crippen LogP contribution in [0.1, 0.15) is 45.0 Å². The van der Waals surface area contributed by atoms with E-state index < -0.39 is 17.7 Å². The van der Waals surface area contributed by atoms with Gasteiger partial charge in [0.25, 0.3) is 0 Å². The molecule has 0 saturated heterocycles. The van der Waals surface area contributed by atoms with Crippen LogP contribution in [-0.2, 0) is 4.74 Å². The summed E-state index contributed by atoms with van der Waals surface area (Å²) in [5.41, 5.74) is -0.0909. The van der Waals surface area contributed by atoms with Crippen molar-refractivity contribution in [1.82, 2.24) is 0 Å². The average molecular weight is 267 g/mol. The van der Waals surface area contributed by atoms with Gasteiger partial charge in [0.2, 0.25) is 0 Å². The molecule has 0 aliphatic rings. The van der Waals surface area contributed by atoms with Crippen LogP contribution < -0.4 is 5.32 Å². The number of carboxylic acid groups (broad SMARTS) is 1. The third-order valence-electron chi connectivity index (χ3n) is 1.75. The Balaban J connectivity index is 0.00000154. The van der Waals surface area contributed by atoms with E-state index in [-0.39, 0.29) is 5.56 Å². The van der Waals surface area contributed by atoms with Gasteiger partial charge in [-0.2, -0.15) is 0 Å². The molecule has 106 valence electrons. The molecule has 0 bridgehead atoms.